The molecule has 0 radical (unpaired) electrons. The van der Waals surface area contributed by atoms with Crippen LogP contribution in [0.2, 0.25) is 0 Å². The lowest BCUT2D eigenvalue weighted by Gasteiger charge is -2.14. The normalized spacial score (nSPS) is 12.8. The number of para-hydroxylation sites is 1. The SMILES string of the molecule is O=C(Nc1ccccc1)c1cccc(N2C(=O)c3cccnc3C2=O)c1. The molecule has 0 spiro atoms. The number of rotatable bonds is 3. The lowest BCUT2D eigenvalue weighted by molar-refractivity contribution is 0.0922. The molecule has 0 aliphatic carbocycles. The van der Waals surface area contributed by atoms with Gasteiger partial charge in [0.2, 0.25) is 0 Å². The van der Waals surface area contributed by atoms with Crippen LogP contribution in [0.3, 0.4) is 0 Å². The predicted octanol–water partition coefficient (Wildman–Crippen LogP) is 3.13. The molecule has 3 amide bonds. The van der Waals surface area contributed by atoms with Gasteiger partial charge in [-0.25, -0.2) is 4.90 Å². The Morgan fingerprint density at radius 3 is 2.46 bits per heavy atom. The van der Waals surface area contributed by atoms with Gasteiger partial charge in [-0.3, -0.25) is 19.4 Å². The standard InChI is InChI=1S/C20H13N3O3/c24-18(22-14-7-2-1-3-8-14)13-6-4-9-15(12-13)23-19(25)16-10-5-11-21-17(16)20(23)26/h1-12H,(H,22,24). The molecule has 1 N–H and O–H groups in total. The molecule has 6 heteroatoms. The predicted molar refractivity (Wildman–Crippen MR) is 96.2 cm³/mol. The van der Waals surface area contributed by atoms with E-state index < -0.39 is 11.8 Å². The minimum Gasteiger partial charge on any atom is -0.322 e. The number of carbonyl (C=O) groups excluding carboxylic acids is 3. The molecule has 26 heavy (non-hydrogen) atoms. The highest BCUT2D eigenvalue weighted by Gasteiger charge is 2.37. The van der Waals surface area contributed by atoms with Crippen LogP contribution in [0.1, 0.15) is 31.2 Å². The van der Waals surface area contributed by atoms with E-state index >= 15 is 0 Å². The Morgan fingerprint density at radius 2 is 1.69 bits per heavy atom. The van der Waals surface area contributed by atoms with E-state index in [1.54, 1.807) is 42.5 Å². The van der Waals surface area contributed by atoms with Crippen molar-refractivity contribution in [2.45, 2.75) is 0 Å². The Labute approximate surface area is 149 Å². The summed E-state index contributed by atoms with van der Waals surface area (Å²) in [5.41, 5.74) is 1.72. The Balaban J connectivity index is 1.64. The first-order valence-electron chi connectivity index (χ1n) is 7.95. The summed E-state index contributed by atoms with van der Waals surface area (Å²) in [6.45, 7) is 0. The summed E-state index contributed by atoms with van der Waals surface area (Å²) in [6, 6.07) is 18.6. The third-order valence-electron chi connectivity index (χ3n) is 4.05. The molecule has 0 bridgehead atoms. The van der Waals surface area contributed by atoms with Crippen LogP contribution in [0.4, 0.5) is 11.4 Å². The van der Waals surface area contributed by atoms with Gasteiger partial charge >= 0.3 is 0 Å². The Morgan fingerprint density at radius 1 is 0.885 bits per heavy atom. The number of amides is 3. The molecule has 0 unspecified atom stereocenters. The van der Waals surface area contributed by atoms with Crippen molar-refractivity contribution in [1.82, 2.24) is 4.98 Å². The van der Waals surface area contributed by atoms with Crippen LogP contribution < -0.4 is 10.2 Å². The third-order valence-corrected chi connectivity index (χ3v) is 4.05. The number of imide groups is 1. The Hall–Kier alpha value is -3.80. The lowest BCUT2D eigenvalue weighted by Crippen LogP contribution is -2.29. The van der Waals surface area contributed by atoms with E-state index in [2.05, 4.69) is 10.3 Å². The van der Waals surface area contributed by atoms with E-state index in [0.717, 1.165) is 4.90 Å². The largest absolute Gasteiger partial charge is 0.322 e. The molecule has 4 rings (SSSR count). The van der Waals surface area contributed by atoms with Crippen LogP contribution in [-0.2, 0) is 0 Å². The first-order valence-corrected chi connectivity index (χ1v) is 7.95. The monoisotopic (exact) mass is 343 g/mol. The molecule has 3 aromatic rings. The number of nitrogens with one attached hydrogen (secondary N) is 1. The molecular weight excluding hydrogens is 330 g/mol. The summed E-state index contributed by atoms with van der Waals surface area (Å²) in [6.07, 6.45) is 1.47. The summed E-state index contributed by atoms with van der Waals surface area (Å²) in [4.78, 5) is 42.5. The lowest BCUT2D eigenvalue weighted by atomic mass is 10.1. The quantitative estimate of drug-likeness (QED) is 0.741. The van der Waals surface area contributed by atoms with Crippen molar-refractivity contribution < 1.29 is 14.4 Å². The maximum absolute atomic E-state index is 12.5. The van der Waals surface area contributed by atoms with Gasteiger partial charge in [0.1, 0.15) is 5.69 Å². The molecule has 0 atom stereocenters. The second-order valence-corrected chi connectivity index (χ2v) is 5.72. The molecule has 2 heterocycles. The van der Waals surface area contributed by atoms with Crippen LogP contribution in [0, 0.1) is 0 Å². The minimum absolute atomic E-state index is 0.122. The number of hydrogen-bond donors (Lipinski definition) is 1. The second-order valence-electron chi connectivity index (χ2n) is 5.72. The summed E-state index contributed by atoms with van der Waals surface area (Å²) in [5.74, 6) is -1.27. The number of anilines is 2. The number of nitrogens with zero attached hydrogens (tertiary/aromatic N) is 2. The number of fused-ring (bicyclic) bond motifs is 1. The second kappa shape index (κ2) is 6.25. The maximum atomic E-state index is 12.5. The topological polar surface area (TPSA) is 79.4 Å². The van der Waals surface area contributed by atoms with Crippen molar-refractivity contribution >= 4 is 29.1 Å². The van der Waals surface area contributed by atoms with E-state index in [9.17, 15) is 14.4 Å². The molecule has 1 aliphatic heterocycles. The van der Waals surface area contributed by atoms with Crippen molar-refractivity contribution in [3.05, 3.63) is 89.7 Å². The molecule has 1 aliphatic rings. The zero-order valence-corrected chi connectivity index (χ0v) is 13.5. The first-order chi connectivity index (χ1) is 12.6. The van der Waals surface area contributed by atoms with E-state index in [1.165, 1.54) is 12.3 Å². The number of pyridine rings is 1. The van der Waals surface area contributed by atoms with E-state index in [0.29, 0.717) is 16.9 Å². The fraction of sp³-hybridized carbons (Fsp3) is 0. The summed E-state index contributed by atoms with van der Waals surface area (Å²) in [5, 5.41) is 2.78. The number of benzene rings is 2. The maximum Gasteiger partial charge on any atom is 0.284 e. The average molecular weight is 343 g/mol. The Bertz CT molecular complexity index is 996. The van der Waals surface area contributed by atoms with Crippen molar-refractivity contribution in [3.8, 4) is 0 Å². The zero-order valence-electron chi connectivity index (χ0n) is 13.5. The highest BCUT2D eigenvalue weighted by Crippen LogP contribution is 2.27. The highest BCUT2D eigenvalue weighted by molar-refractivity contribution is 6.33. The van der Waals surface area contributed by atoms with Gasteiger partial charge in [0.25, 0.3) is 17.7 Å². The number of hydrogen-bond acceptors (Lipinski definition) is 4. The molecule has 0 saturated heterocycles. The molecule has 1 aromatic heterocycles. The van der Waals surface area contributed by atoms with Crippen molar-refractivity contribution in [3.63, 3.8) is 0 Å². The molecule has 0 saturated carbocycles. The van der Waals surface area contributed by atoms with Gasteiger partial charge in [-0.05, 0) is 42.5 Å². The van der Waals surface area contributed by atoms with Crippen molar-refractivity contribution in [2.75, 3.05) is 10.2 Å². The molecule has 126 valence electrons. The van der Waals surface area contributed by atoms with Crippen LogP contribution >= 0.6 is 0 Å². The van der Waals surface area contributed by atoms with Crippen molar-refractivity contribution in [2.24, 2.45) is 0 Å². The number of aromatic nitrogens is 1. The third kappa shape index (κ3) is 2.63. The van der Waals surface area contributed by atoms with Gasteiger partial charge in [-0.2, -0.15) is 0 Å². The molecule has 6 nitrogen and oxygen atoms in total. The van der Waals surface area contributed by atoms with Crippen LogP contribution in [-0.4, -0.2) is 22.7 Å². The molecule has 2 aromatic carbocycles. The Kier molecular flexibility index (Phi) is 3.78. The van der Waals surface area contributed by atoms with E-state index in [4.69, 9.17) is 0 Å². The van der Waals surface area contributed by atoms with E-state index in [-0.39, 0.29) is 17.2 Å². The van der Waals surface area contributed by atoms with Gasteiger partial charge in [-0.15, -0.1) is 0 Å². The first kappa shape index (κ1) is 15.7. The van der Waals surface area contributed by atoms with Gasteiger partial charge in [0.05, 0.1) is 11.3 Å². The highest BCUT2D eigenvalue weighted by atomic mass is 16.2. The van der Waals surface area contributed by atoms with Gasteiger partial charge in [0.15, 0.2) is 0 Å². The van der Waals surface area contributed by atoms with Crippen LogP contribution in [0.5, 0.6) is 0 Å². The summed E-state index contributed by atoms with van der Waals surface area (Å²) >= 11 is 0. The van der Waals surface area contributed by atoms with E-state index in [1.807, 2.05) is 18.2 Å². The van der Waals surface area contributed by atoms with Crippen LogP contribution in [0.15, 0.2) is 72.9 Å². The van der Waals surface area contributed by atoms with Gasteiger partial charge in [-0.1, -0.05) is 24.3 Å². The number of carbonyl (C=O) groups is 3. The molecular formula is C20H13N3O3. The molecule has 0 fully saturated rings. The fourth-order valence-electron chi connectivity index (χ4n) is 2.81. The fourth-order valence-corrected chi connectivity index (χ4v) is 2.81. The van der Waals surface area contributed by atoms with Crippen LogP contribution in [0.25, 0.3) is 0 Å². The summed E-state index contributed by atoms with van der Waals surface area (Å²) in [7, 11) is 0. The zero-order chi connectivity index (χ0) is 18.1. The van der Waals surface area contributed by atoms with Gasteiger partial charge < -0.3 is 5.32 Å². The minimum atomic E-state index is -0.494. The van der Waals surface area contributed by atoms with Crippen molar-refractivity contribution in [1.29, 1.82) is 0 Å². The smallest absolute Gasteiger partial charge is 0.284 e. The summed E-state index contributed by atoms with van der Waals surface area (Å²) < 4.78 is 0. The average Bonchev–Trinajstić information content (AvgIpc) is 2.94. The van der Waals surface area contributed by atoms with Gasteiger partial charge in [0, 0.05) is 17.4 Å².